The number of pyridine rings is 1. The fraction of sp³-hybridized carbons (Fsp3) is 0.538. The molecule has 4 nitrogen and oxygen atoms in total. The highest BCUT2D eigenvalue weighted by molar-refractivity contribution is 5.88. The first-order valence-corrected chi connectivity index (χ1v) is 6.07. The minimum absolute atomic E-state index is 0.0973. The molecule has 98 valence electrons. The highest BCUT2D eigenvalue weighted by Gasteiger charge is 2.30. The summed E-state index contributed by atoms with van der Waals surface area (Å²) < 4.78 is 18.7. The molecule has 18 heavy (non-hydrogen) atoms. The predicted octanol–water partition coefficient (Wildman–Crippen LogP) is 2.18. The van der Waals surface area contributed by atoms with E-state index in [1.807, 2.05) is 6.92 Å². The molecule has 0 radical (unpaired) electrons. The molecular weight excluding hydrogens is 235 g/mol. The molecule has 2 heterocycles. The van der Waals surface area contributed by atoms with Gasteiger partial charge in [-0.15, -0.1) is 0 Å². The van der Waals surface area contributed by atoms with Crippen LogP contribution in [0.5, 0.6) is 0 Å². The Morgan fingerprint density at radius 1 is 1.67 bits per heavy atom. The number of carbonyl (C=O) groups is 1. The Kier molecular flexibility index (Phi) is 3.50. The van der Waals surface area contributed by atoms with E-state index in [0.717, 1.165) is 11.3 Å². The smallest absolute Gasteiger partial charge is 0.356 e. The van der Waals surface area contributed by atoms with Gasteiger partial charge in [0.05, 0.1) is 18.5 Å². The second-order valence-corrected chi connectivity index (χ2v) is 4.58. The van der Waals surface area contributed by atoms with E-state index >= 15 is 0 Å². The lowest BCUT2D eigenvalue weighted by atomic mass is 9.94. The second kappa shape index (κ2) is 4.92. The number of nitrogens with zero attached hydrogens (tertiary/aromatic N) is 2. The summed E-state index contributed by atoms with van der Waals surface area (Å²) in [6.07, 6.45) is 1.14. The fourth-order valence-electron chi connectivity index (χ4n) is 2.25. The molecule has 1 aliphatic rings. The summed E-state index contributed by atoms with van der Waals surface area (Å²) in [5.41, 5.74) is 1.97. The highest BCUT2D eigenvalue weighted by atomic mass is 19.1. The number of anilines is 1. The molecule has 0 amide bonds. The first-order chi connectivity index (χ1) is 8.54. The van der Waals surface area contributed by atoms with E-state index in [2.05, 4.69) is 4.98 Å². The molecule has 0 aliphatic carbocycles. The SMILES string of the molecule is CCOC(=O)c1cc2c(cn1)N(C)[C@@H](F)[C@H](C)C2. The van der Waals surface area contributed by atoms with Gasteiger partial charge in [0.15, 0.2) is 6.30 Å². The molecule has 0 unspecified atom stereocenters. The molecule has 0 fully saturated rings. The van der Waals surface area contributed by atoms with Crippen molar-refractivity contribution < 1.29 is 13.9 Å². The number of carbonyl (C=O) groups excluding carboxylic acids is 1. The first kappa shape index (κ1) is 12.8. The monoisotopic (exact) mass is 252 g/mol. The van der Waals surface area contributed by atoms with Crippen LogP contribution in [0, 0.1) is 5.92 Å². The third-order valence-electron chi connectivity index (χ3n) is 3.21. The maximum absolute atomic E-state index is 13.8. The average Bonchev–Trinajstić information content (AvgIpc) is 2.36. The van der Waals surface area contributed by atoms with Crippen molar-refractivity contribution in [1.82, 2.24) is 4.98 Å². The lowest BCUT2D eigenvalue weighted by molar-refractivity contribution is 0.0519. The maximum atomic E-state index is 13.8. The predicted molar refractivity (Wildman–Crippen MR) is 66.4 cm³/mol. The van der Waals surface area contributed by atoms with Crippen molar-refractivity contribution in [2.45, 2.75) is 26.6 Å². The van der Waals surface area contributed by atoms with Gasteiger partial charge in [-0.2, -0.15) is 0 Å². The summed E-state index contributed by atoms with van der Waals surface area (Å²) in [5, 5.41) is 0. The molecule has 5 heteroatoms. The van der Waals surface area contributed by atoms with E-state index in [4.69, 9.17) is 4.74 Å². The molecule has 2 atom stereocenters. The second-order valence-electron chi connectivity index (χ2n) is 4.58. The Hall–Kier alpha value is -1.65. The zero-order valence-corrected chi connectivity index (χ0v) is 10.8. The van der Waals surface area contributed by atoms with Gasteiger partial charge in [-0.05, 0) is 25.0 Å². The standard InChI is InChI=1S/C13H17FN2O2/c1-4-18-13(17)10-6-9-5-8(2)12(14)16(3)11(9)7-15-10/h6-8,12H,4-5H2,1-3H3/t8-,12-/m1/s1. The minimum atomic E-state index is -1.01. The first-order valence-electron chi connectivity index (χ1n) is 6.07. The summed E-state index contributed by atoms with van der Waals surface area (Å²) in [7, 11) is 1.70. The minimum Gasteiger partial charge on any atom is -0.461 e. The van der Waals surface area contributed by atoms with Crippen LogP contribution in [-0.4, -0.2) is 30.9 Å². The van der Waals surface area contributed by atoms with Gasteiger partial charge in [0.25, 0.3) is 0 Å². The van der Waals surface area contributed by atoms with Crippen molar-refractivity contribution in [1.29, 1.82) is 0 Å². The quantitative estimate of drug-likeness (QED) is 0.597. The van der Waals surface area contributed by atoms with Crippen LogP contribution in [0.15, 0.2) is 12.3 Å². The number of hydrogen-bond donors (Lipinski definition) is 0. The molecule has 1 aromatic rings. The molecule has 0 N–H and O–H groups in total. The van der Waals surface area contributed by atoms with Gasteiger partial charge in [-0.25, -0.2) is 14.2 Å². The Labute approximate surface area is 106 Å². The Balaban J connectivity index is 2.33. The van der Waals surface area contributed by atoms with Gasteiger partial charge in [0, 0.05) is 13.0 Å². The summed E-state index contributed by atoms with van der Waals surface area (Å²) in [5.74, 6) is -0.530. The zero-order valence-electron chi connectivity index (χ0n) is 10.8. The van der Waals surface area contributed by atoms with Crippen LogP contribution in [-0.2, 0) is 11.2 Å². The lowest BCUT2D eigenvalue weighted by Gasteiger charge is -2.35. The molecule has 0 saturated heterocycles. The van der Waals surface area contributed by atoms with E-state index < -0.39 is 12.3 Å². The lowest BCUT2D eigenvalue weighted by Crippen LogP contribution is -2.38. The summed E-state index contributed by atoms with van der Waals surface area (Å²) in [6, 6.07) is 1.70. The van der Waals surface area contributed by atoms with Gasteiger partial charge in [0.2, 0.25) is 0 Å². The van der Waals surface area contributed by atoms with Crippen LogP contribution in [0.4, 0.5) is 10.1 Å². The fourth-order valence-corrected chi connectivity index (χ4v) is 2.25. The van der Waals surface area contributed by atoms with E-state index in [-0.39, 0.29) is 11.6 Å². The summed E-state index contributed by atoms with van der Waals surface area (Å²) >= 11 is 0. The van der Waals surface area contributed by atoms with Crippen LogP contribution in [0.2, 0.25) is 0 Å². The van der Waals surface area contributed by atoms with Gasteiger partial charge < -0.3 is 9.64 Å². The Morgan fingerprint density at radius 2 is 2.39 bits per heavy atom. The Morgan fingerprint density at radius 3 is 3.06 bits per heavy atom. The van der Waals surface area contributed by atoms with Crippen LogP contribution in [0.1, 0.15) is 29.9 Å². The summed E-state index contributed by atoms with van der Waals surface area (Å²) in [6.45, 7) is 3.93. The van der Waals surface area contributed by atoms with Gasteiger partial charge >= 0.3 is 5.97 Å². The molecule has 0 spiro atoms. The molecule has 1 aromatic heterocycles. The van der Waals surface area contributed by atoms with Crippen LogP contribution >= 0.6 is 0 Å². The number of rotatable bonds is 2. The number of halogens is 1. The van der Waals surface area contributed by atoms with Crippen molar-refractivity contribution >= 4 is 11.7 Å². The van der Waals surface area contributed by atoms with Gasteiger partial charge in [0.1, 0.15) is 5.69 Å². The molecular formula is C13H17FN2O2. The number of ether oxygens (including phenoxy) is 1. The topological polar surface area (TPSA) is 42.4 Å². The largest absolute Gasteiger partial charge is 0.461 e. The van der Waals surface area contributed by atoms with Crippen LogP contribution in [0.25, 0.3) is 0 Å². The number of esters is 1. The normalized spacial score (nSPS) is 22.6. The Bertz CT molecular complexity index is 464. The molecule has 2 rings (SSSR count). The number of fused-ring (bicyclic) bond motifs is 1. The van der Waals surface area contributed by atoms with Gasteiger partial charge in [-0.3, -0.25) is 0 Å². The number of aromatic nitrogens is 1. The number of hydrogen-bond acceptors (Lipinski definition) is 4. The average molecular weight is 252 g/mol. The third-order valence-corrected chi connectivity index (χ3v) is 3.21. The summed E-state index contributed by atoms with van der Waals surface area (Å²) in [4.78, 5) is 17.2. The molecule has 0 aromatic carbocycles. The van der Waals surface area contributed by atoms with Gasteiger partial charge in [-0.1, -0.05) is 6.92 Å². The van der Waals surface area contributed by atoms with E-state index in [1.165, 1.54) is 0 Å². The van der Waals surface area contributed by atoms with Crippen molar-refractivity contribution in [3.63, 3.8) is 0 Å². The van der Waals surface area contributed by atoms with E-state index in [9.17, 15) is 9.18 Å². The highest BCUT2D eigenvalue weighted by Crippen LogP contribution is 2.33. The molecule has 0 bridgehead atoms. The third kappa shape index (κ3) is 2.17. The van der Waals surface area contributed by atoms with Crippen molar-refractivity contribution in [3.8, 4) is 0 Å². The maximum Gasteiger partial charge on any atom is 0.356 e. The van der Waals surface area contributed by atoms with Crippen molar-refractivity contribution in [3.05, 3.63) is 23.5 Å². The van der Waals surface area contributed by atoms with E-state index in [1.54, 1.807) is 31.1 Å². The van der Waals surface area contributed by atoms with Crippen molar-refractivity contribution in [2.24, 2.45) is 5.92 Å². The van der Waals surface area contributed by atoms with Crippen LogP contribution in [0.3, 0.4) is 0 Å². The molecule has 0 saturated carbocycles. The number of alkyl halides is 1. The zero-order chi connectivity index (χ0) is 13.3. The van der Waals surface area contributed by atoms with Crippen LogP contribution < -0.4 is 4.90 Å². The molecule has 1 aliphatic heterocycles. The van der Waals surface area contributed by atoms with E-state index in [0.29, 0.717) is 13.0 Å². The van der Waals surface area contributed by atoms with Crippen molar-refractivity contribution in [2.75, 3.05) is 18.6 Å².